The first-order valence-electron chi connectivity index (χ1n) is 5.18. The van der Waals surface area contributed by atoms with Gasteiger partial charge in [0.2, 0.25) is 0 Å². The van der Waals surface area contributed by atoms with Crippen LogP contribution >= 0.6 is 0 Å². The van der Waals surface area contributed by atoms with Crippen LogP contribution in [0.3, 0.4) is 0 Å². The van der Waals surface area contributed by atoms with Gasteiger partial charge in [0.15, 0.2) is 12.1 Å². The predicted molar refractivity (Wildman–Crippen MR) is 58.6 cm³/mol. The summed E-state index contributed by atoms with van der Waals surface area (Å²) in [5.41, 5.74) is 8.35. The van der Waals surface area contributed by atoms with Crippen molar-refractivity contribution >= 4 is 0 Å². The molecule has 8 heteroatoms. The average molecular weight is 249 g/mol. The van der Waals surface area contributed by atoms with Crippen LogP contribution in [0.4, 0.5) is 0 Å². The van der Waals surface area contributed by atoms with Crippen LogP contribution in [0.1, 0.15) is 20.3 Å². The highest BCUT2D eigenvalue weighted by molar-refractivity contribution is 4.77. The fraction of sp³-hybridized carbons (Fsp3) is 1.00. The first-order valence-corrected chi connectivity index (χ1v) is 5.18. The van der Waals surface area contributed by atoms with Crippen LogP contribution in [-0.4, -0.2) is 51.8 Å². The van der Waals surface area contributed by atoms with Crippen molar-refractivity contribution in [1.82, 2.24) is 0 Å². The van der Waals surface area contributed by atoms with Crippen LogP contribution in [0, 0.1) is 5.92 Å². The fourth-order valence-electron chi connectivity index (χ4n) is 1.29. The molecule has 4 N–H and O–H groups in total. The molecule has 0 bridgehead atoms. The van der Waals surface area contributed by atoms with Crippen molar-refractivity contribution in [2.24, 2.45) is 11.0 Å². The molecule has 0 aromatic rings. The quantitative estimate of drug-likeness (QED) is 0.203. The van der Waals surface area contributed by atoms with Crippen molar-refractivity contribution in [2.75, 3.05) is 13.2 Å². The summed E-state index contributed by atoms with van der Waals surface area (Å²) >= 11 is 0. The summed E-state index contributed by atoms with van der Waals surface area (Å²) in [6, 6.07) is -0.813. The molecule has 0 saturated heterocycles. The Hall–Kier alpha value is -0.890. The largest absolute Gasteiger partial charge is 0.396 e. The maximum absolute atomic E-state index is 9.49. The number of nitrogens with zero attached hydrogens (tertiary/aromatic N) is 3. The van der Waals surface area contributed by atoms with Gasteiger partial charge in [0.1, 0.15) is 0 Å². The number of aliphatic hydroxyl groups excluding tert-OH is 3. The molecule has 17 heavy (non-hydrogen) atoms. The van der Waals surface area contributed by atoms with Gasteiger partial charge in [0.05, 0.1) is 0 Å². The molecular weight excluding hydrogens is 230 g/mol. The van der Waals surface area contributed by atoms with Crippen LogP contribution in [0.15, 0.2) is 5.11 Å². The van der Waals surface area contributed by atoms with Gasteiger partial charge < -0.3 is 25.2 Å². The lowest BCUT2D eigenvalue weighted by Crippen LogP contribution is -2.35. The maximum Gasteiger partial charge on any atom is 0.162 e. The lowest BCUT2D eigenvalue weighted by Gasteiger charge is -2.26. The van der Waals surface area contributed by atoms with E-state index in [0.717, 1.165) is 0 Å². The van der Waals surface area contributed by atoms with Crippen LogP contribution < -0.4 is 0 Å². The van der Waals surface area contributed by atoms with Gasteiger partial charge in [-0.1, -0.05) is 5.11 Å². The fourth-order valence-corrected chi connectivity index (χ4v) is 1.29. The molecule has 2 atom stereocenters. The van der Waals surface area contributed by atoms with E-state index in [4.69, 9.17) is 20.5 Å². The minimum Gasteiger partial charge on any atom is -0.396 e. The van der Waals surface area contributed by atoms with E-state index >= 15 is 0 Å². The second-order valence-corrected chi connectivity index (χ2v) is 4.15. The molecule has 0 aromatic carbocycles. The van der Waals surface area contributed by atoms with E-state index in [0.29, 0.717) is 0 Å². The Bertz CT molecular complexity index is 258. The van der Waals surface area contributed by atoms with Gasteiger partial charge in [-0.15, -0.1) is 0 Å². The van der Waals surface area contributed by atoms with Crippen molar-refractivity contribution in [1.29, 1.82) is 0 Å². The zero-order valence-electron chi connectivity index (χ0n) is 9.89. The molecule has 0 aliphatic carbocycles. The monoisotopic (exact) mass is 249 g/mol. The highest BCUT2D eigenvalue weighted by atomic mass is 16.7. The molecule has 0 heterocycles. The van der Waals surface area contributed by atoms with Gasteiger partial charge in [0, 0.05) is 36.5 Å². The smallest absolute Gasteiger partial charge is 0.162 e. The van der Waals surface area contributed by atoms with Gasteiger partial charge in [0.25, 0.3) is 0 Å². The van der Waals surface area contributed by atoms with Crippen LogP contribution in [-0.2, 0) is 4.74 Å². The molecule has 0 radical (unpaired) electrons. The van der Waals surface area contributed by atoms with E-state index < -0.39 is 24.0 Å². The Morgan fingerprint density at radius 3 is 2.24 bits per heavy atom. The Morgan fingerprint density at radius 1 is 1.35 bits per heavy atom. The summed E-state index contributed by atoms with van der Waals surface area (Å²) in [6.07, 6.45) is -1.48. The van der Waals surface area contributed by atoms with Crippen molar-refractivity contribution in [3.8, 4) is 0 Å². The van der Waals surface area contributed by atoms with E-state index in [-0.39, 0.29) is 19.6 Å². The number of hydrogen-bond acceptors (Lipinski definition) is 6. The Kier molecular flexibility index (Phi) is 7.05. The zero-order valence-corrected chi connectivity index (χ0v) is 9.89. The van der Waals surface area contributed by atoms with Crippen molar-refractivity contribution in [3.63, 3.8) is 0 Å². The van der Waals surface area contributed by atoms with E-state index in [1.54, 1.807) is 0 Å². The second kappa shape index (κ2) is 7.44. The normalized spacial score (nSPS) is 15.5. The first kappa shape index (κ1) is 16.1. The molecule has 0 rings (SSSR count). The van der Waals surface area contributed by atoms with E-state index in [1.807, 2.05) is 0 Å². The maximum atomic E-state index is 9.49. The summed E-state index contributed by atoms with van der Waals surface area (Å²) in [7, 11) is 0. The van der Waals surface area contributed by atoms with Crippen molar-refractivity contribution in [3.05, 3.63) is 10.4 Å². The third-order valence-corrected chi connectivity index (χ3v) is 2.08. The minimum atomic E-state index is -1.52. The SMILES string of the molecule is CC(C)(O)O[C@@H](O)C[C@H](N=[N+]=[N-])C(CO)CO. The third kappa shape index (κ3) is 7.11. The molecule has 8 nitrogen and oxygen atoms in total. The zero-order chi connectivity index (χ0) is 13.5. The standard InChI is InChI=1S/C9H19N3O5/c1-9(2,16)17-8(15)3-7(11-12-10)6(4-13)5-14/h6-8,13-16H,3-5H2,1-2H3/t7-,8+/m0/s1. The van der Waals surface area contributed by atoms with E-state index in [2.05, 4.69) is 10.0 Å². The number of ether oxygens (including phenoxy) is 1. The number of rotatable bonds is 8. The van der Waals surface area contributed by atoms with Crippen LogP contribution in [0.2, 0.25) is 0 Å². The van der Waals surface area contributed by atoms with Gasteiger partial charge in [-0.2, -0.15) is 0 Å². The van der Waals surface area contributed by atoms with E-state index in [1.165, 1.54) is 13.8 Å². The van der Waals surface area contributed by atoms with Gasteiger partial charge in [-0.3, -0.25) is 0 Å². The van der Waals surface area contributed by atoms with Gasteiger partial charge in [-0.05, 0) is 19.4 Å². The summed E-state index contributed by atoms with van der Waals surface area (Å²) < 4.78 is 4.82. The molecule has 100 valence electrons. The highest BCUT2D eigenvalue weighted by Crippen LogP contribution is 2.17. The molecule has 0 unspecified atom stereocenters. The molecule has 0 fully saturated rings. The van der Waals surface area contributed by atoms with E-state index in [9.17, 15) is 10.2 Å². The number of hydrogen-bond donors (Lipinski definition) is 4. The Morgan fingerprint density at radius 2 is 1.88 bits per heavy atom. The summed E-state index contributed by atoms with van der Waals surface area (Å²) in [6.45, 7) is 1.92. The molecular formula is C9H19N3O5. The lowest BCUT2D eigenvalue weighted by atomic mass is 9.99. The van der Waals surface area contributed by atoms with Crippen molar-refractivity contribution < 1.29 is 25.2 Å². The van der Waals surface area contributed by atoms with Crippen molar-refractivity contribution in [2.45, 2.75) is 38.4 Å². The van der Waals surface area contributed by atoms with Crippen LogP contribution in [0.25, 0.3) is 10.4 Å². The Labute approximate surface area is 99.1 Å². The Balaban J connectivity index is 4.48. The third-order valence-electron chi connectivity index (χ3n) is 2.08. The van der Waals surface area contributed by atoms with Gasteiger partial charge >= 0.3 is 0 Å². The van der Waals surface area contributed by atoms with Crippen LogP contribution in [0.5, 0.6) is 0 Å². The molecule has 0 spiro atoms. The molecule has 0 aliphatic rings. The predicted octanol–water partition coefficient (Wildman–Crippen LogP) is -0.280. The molecule has 0 aromatic heterocycles. The lowest BCUT2D eigenvalue weighted by molar-refractivity contribution is -0.263. The topological polar surface area (TPSA) is 139 Å². The molecule has 0 aliphatic heterocycles. The minimum absolute atomic E-state index is 0.125. The molecule has 0 saturated carbocycles. The number of aliphatic hydroxyl groups is 4. The second-order valence-electron chi connectivity index (χ2n) is 4.15. The summed E-state index contributed by atoms with van der Waals surface area (Å²) in [5.74, 6) is -2.19. The summed E-state index contributed by atoms with van der Waals surface area (Å²) in [5, 5.41) is 40.1. The van der Waals surface area contributed by atoms with Gasteiger partial charge in [-0.25, -0.2) is 0 Å². The average Bonchev–Trinajstić information content (AvgIpc) is 2.16. The number of azide groups is 1. The summed E-state index contributed by atoms with van der Waals surface area (Å²) in [4.78, 5) is 2.58. The first-order chi connectivity index (χ1) is 7.84. The molecule has 0 amide bonds. The highest BCUT2D eigenvalue weighted by Gasteiger charge is 2.26.